The predicted octanol–water partition coefficient (Wildman–Crippen LogP) is 5.86. The summed E-state index contributed by atoms with van der Waals surface area (Å²) in [4.78, 5) is 27.7. The molecule has 1 N–H and O–H groups in total. The minimum atomic E-state index is -0.666. The minimum Gasteiger partial charge on any atom is -0.483 e. The second-order valence-electron chi connectivity index (χ2n) is 8.14. The lowest BCUT2D eigenvalue weighted by molar-refractivity contribution is -0.143. The Balaban J connectivity index is 2.27. The van der Waals surface area contributed by atoms with Gasteiger partial charge in [-0.2, -0.15) is 0 Å². The summed E-state index contributed by atoms with van der Waals surface area (Å²) in [7, 11) is 0. The number of amides is 2. The largest absolute Gasteiger partial charge is 0.483 e. The van der Waals surface area contributed by atoms with E-state index in [9.17, 15) is 9.59 Å². The molecule has 0 saturated heterocycles. The minimum absolute atomic E-state index is 0.194. The molecule has 0 unspecified atom stereocenters. The molecule has 5 nitrogen and oxygen atoms in total. The third-order valence-electron chi connectivity index (χ3n) is 4.43. The summed E-state index contributed by atoms with van der Waals surface area (Å²) >= 11 is 15.7. The molecule has 8 heteroatoms. The molecule has 2 aromatic carbocycles. The summed E-state index contributed by atoms with van der Waals surface area (Å²) < 4.78 is 6.36. The van der Waals surface area contributed by atoms with Crippen molar-refractivity contribution in [1.29, 1.82) is 0 Å². The standard InChI is InChI=1S/C23H27BrCl2N2O3/c1-5-19(22(30)27-23(2,3)4)28(13-15-8-6-7-9-18(15)26)21(29)14-31-20-11-10-16(25)12-17(20)24/h6-12,19H,5,13-14H2,1-4H3,(H,27,30)/t19-/m0/s1. The van der Waals surface area contributed by atoms with Crippen LogP contribution in [0.1, 0.15) is 39.7 Å². The zero-order valence-corrected chi connectivity index (χ0v) is 21.1. The lowest BCUT2D eigenvalue weighted by Crippen LogP contribution is -2.54. The van der Waals surface area contributed by atoms with Gasteiger partial charge >= 0.3 is 0 Å². The normalized spacial score (nSPS) is 12.2. The number of halogens is 3. The van der Waals surface area contributed by atoms with Gasteiger partial charge in [0.15, 0.2) is 6.61 Å². The molecular weight excluding hydrogens is 503 g/mol. The molecule has 0 spiro atoms. The van der Waals surface area contributed by atoms with Crippen molar-refractivity contribution in [2.45, 2.75) is 52.2 Å². The van der Waals surface area contributed by atoms with Crippen LogP contribution >= 0.6 is 39.1 Å². The first-order chi connectivity index (χ1) is 14.5. The molecule has 0 heterocycles. The molecule has 0 aliphatic carbocycles. The molecule has 2 aromatic rings. The van der Waals surface area contributed by atoms with E-state index in [1.807, 2.05) is 45.9 Å². The van der Waals surface area contributed by atoms with Crippen LogP contribution in [0.2, 0.25) is 10.0 Å². The van der Waals surface area contributed by atoms with Crippen molar-refractivity contribution >= 4 is 50.9 Å². The van der Waals surface area contributed by atoms with Crippen LogP contribution in [0.3, 0.4) is 0 Å². The molecule has 0 fully saturated rings. The van der Waals surface area contributed by atoms with Crippen molar-refractivity contribution in [2.75, 3.05) is 6.61 Å². The van der Waals surface area contributed by atoms with Crippen LogP contribution in [0, 0.1) is 0 Å². The molecule has 31 heavy (non-hydrogen) atoms. The summed E-state index contributed by atoms with van der Waals surface area (Å²) in [6.07, 6.45) is 0.447. The number of hydrogen-bond acceptors (Lipinski definition) is 3. The average molecular weight is 530 g/mol. The highest BCUT2D eigenvalue weighted by Crippen LogP contribution is 2.28. The summed E-state index contributed by atoms with van der Waals surface area (Å²) in [6.45, 7) is 7.54. The van der Waals surface area contributed by atoms with Gasteiger partial charge in [0.05, 0.1) is 4.47 Å². The maximum absolute atomic E-state index is 13.2. The van der Waals surface area contributed by atoms with Gasteiger partial charge in [0, 0.05) is 22.1 Å². The second-order valence-corrected chi connectivity index (χ2v) is 9.84. The number of rotatable bonds is 8. The second kappa shape index (κ2) is 11.2. The van der Waals surface area contributed by atoms with Gasteiger partial charge in [-0.3, -0.25) is 9.59 Å². The van der Waals surface area contributed by atoms with Gasteiger partial charge in [0.1, 0.15) is 11.8 Å². The quantitative estimate of drug-likeness (QED) is 0.466. The van der Waals surface area contributed by atoms with Gasteiger partial charge in [0.25, 0.3) is 5.91 Å². The summed E-state index contributed by atoms with van der Waals surface area (Å²) in [5, 5.41) is 4.05. The van der Waals surface area contributed by atoms with E-state index in [1.165, 1.54) is 4.90 Å². The van der Waals surface area contributed by atoms with Gasteiger partial charge in [-0.15, -0.1) is 0 Å². The fraction of sp³-hybridized carbons (Fsp3) is 0.391. The Labute approximate surface area is 202 Å². The number of nitrogens with zero attached hydrogens (tertiary/aromatic N) is 1. The van der Waals surface area contributed by atoms with E-state index >= 15 is 0 Å². The lowest BCUT2D eigenvalue weighted by atomic mass is 10.1. The summed E-state index contributed by atoms with van der Waals surface area (Å²) in [5.74, 6) is -0.0524. The maximum Gasteiger partial charge on any atom is 0.261 e. The fourth-order valence-electron chi connectivity index (χ4n) is 3.00. The Kier molecular flexibility index (Phi) is 9.22. The SMILES string of the molecule is CC[C@@H](C(=O)NC(C)(C)C)N(Cc1ccccc1Cl)C(=O)COc1ccc(Cl)cc1Br. The Morgan fingerprint density at radius 2 is 1.84 bits per heavy atom. The Hall–Kier alpha value is -1.76. The molecule has 0 aliphatic rings. The van der Waals surface area contributed by atoms with Crippen LogP contribution in [0.15, 0.2) is 46.9 Å². The highest BCUT2D eigenvalue weighted by molar-refractivity contribution is 9.10. The Morgan fingerprint density at radius 3 is 2.42 bits per heavy atom. The molecular formula is C23H27BrCl2N2O3. The third kappa shape index (κ3) is 7.70. The van der Waals surface area contributed by atoms with Crippen LogP contribution < -0.4 is 10.1 Å². The van der Waals surface area contributed by atoms with E-state index < -0.39 is 11.6 Å². The number of benzene rings is 2. The van der Waals surface area contributed by atoms with E-state index in [0.29, 0.717) is 26.7 Å². The third-order valence-corrected chi connectivity index (χ3v) is 5.65. The average Bonchev–Trinajstić information content (AvgIpc) is 2.67. The molecule has 0 saturated carbocycles. The summed E-state index contributed by atoms with van der Waals surface area (Å²) in [5.41, 5.74) is 0.334. The van der Waals surface area contributed by atoms with Crippen LogP contribution in [-0.4, -0.2) is 34.9 Å². The molecule has 0 aliphatic heterocycles. The first kappa shape index (κ1) is 25.5. The Bertz CT molecular complexity index is 931. The highest BCUT2D eigenvalue weighted by Gasteiger charge is 2.31. The van der Waals surface area contributed by atoms with E-state index in [4.69, 9.17) is 27.9 Å². The molecule has 0 radical (unpaired) electrons. The first-order valence-electron chi connectivity index (χ1n) is 9.94. The van der Waals surface area contributed by atoms with Crippen molar-refractivity contribution in [3.63, 3.8) is 0 Å². The van der Waals surface area contributed by atoms with Crippen molar-refractivity contribution in [3.8, 4) is 5.75 Å². The molecule has 1 atom stereocenters. The monoisotopic (exact) mass is 528 g/mol. The summed E-state index contributed by atoms with van der Waals surface area (Å²) in [6, 6.07) is 11.7. The van der Waals surface area contributed by atoms with Crippen molar-refractivity contribution in [2.24, 2.45) is 0 Å². The van der Waals surface area contributed by atoms with Crippen LogP contribution in [-0.2, 0) is 16.1 Å². The van der Waals surface area contributed by atoms with E-state index in [2.05, 4.69) is 21.2 Å². The van der Waals surface area contributed by atoms with Gasteiger partial charge in [-0.05, 0) is 73.0 Å². The fourth-order valence-corrected chi connectivity index (χ4v) is 3.99. The van der Waals surface area contributed by atoms with Crippen molar-refractivity contribution < 1.29 is 14.3 Å². The molecule has 168 valence electrons. The number of ether oxygens (including phenoxy) is 1. The number of nitrogens with one attached hydrogen (secondary N) is 1. The molecule has 0 bridgehead atoms. The zero-order valence-electron chi connectivity index (χ0n) is 18.0. The number of carbonyl (C=O) groups is 2. The Morgan fingerprint density at radius 1 is 1.16 bits per heavy atom. The van der Waals surface area contributed by atoms with Crippen molar-refractivity contribution in [3.05, 3.63) is 62.5 Å². The van der Waals surface area contributed by atoms with E-state index in [1.54, 1.807) is 24.3 Å². The highest BCUT2D eigenvalue weighted by atomic mass is 79.9. The lowest BCUT2D eigenvalue weighted by Gasteiger charge is -2.33. The predicted molar refractivity (Wildman–Crippen MR) is 129 cm³/mol. The zero-order chi connectivity index (χ0) is 23.2. The van der Waals surface area contributed by atoms with Crippen LogP contribution in [0.4, 0.5) is 0 Å². The molecule has 2 amide bonds. The topological polar surface area (TPSA) is 58.6 Å². The molecule has 0 aromatic heterocycles. The van der Waals surface area contributed by atoms with E-state index in [0.717, 1.165) is 5.56 Å². The van der Waals surface area contributed by atoms with Gasteiger partial charge in [-0.25, -0.2) is 0 Å². The van der Waals surface area contributed by atoms with Crippen LogP contribution in [0.5, 0.6) is 5.75 Å². The maximum atomic E-state index is 13.2. The van der Waals surface area contributed by atoms with E-state index in [-0.39, 0.29) is 25.0 Å². The van der Waals surface area contributed by atoms with Crippen molar-refractivity contribution in [1.82, 2.24) is 10.2 Å². The smallest absolute Gasteiger partial charge is 0.261 e. The van der Waals surface area contributed by atoms with Gasteiger partial charge in [0.2, 0.25) is 5.91 Å². The molecule has 2 rings (SSSR count). The van der Waals surface area contributed by atoms with Gasteiger partial charge < -0.3 is 15.0 Å². The number of carbonyl (C=O) groups excluding carboxylic acids is 2. The van der Waals surface area contributed by atoms with Gasteiger partial charge in [-0.1, -0.05) is 48.3 Å². The van der Waals surface area contributed by atoms with Crippen LogP contribution in [0.25, 0.3) is 0 Å². The first-order valence-corrected chi connectivity index (χ1v) is 11.5. The number of hydrogen-bond donors (Lipinski definition) is 1.